The number of hydrazone groups is 1. The van der Waals surface area contributed by atoms with Crippen LogP contribution >= 0.6 is 0 Å². The Morgan fingerprint density at radius 3 is 2.33 bits per heavy atom. The second-order valence-corrected chi connectivity index (χ2v) is 8.66. The molecule has 1 saturated heterocycles. The largest absolute Gasteiger partial charge is 0.369 e. The first-order valence-electron chi connectivity index (χ1n) is 12.2. The van der Waals surface area contributed by atoms with E-state index >= 15 is 0 Å². The van der Waals surface area contributed by atoms with Gasteiger partial charge in [0.15, 0.2) is 0 Å². The van der Waals surface area contributed by atoms with E-state index in [0.717, 1.165) is 55.2 Å². The standard InChI is InChI=1S/C28H29N7O/c36-27(13-15-33-16-18-34(19-17-33)25-9-3-1-4-10-25)31-30-21-24-22-35(26-11-5-2-6-12-26)32-28(24)23-8-7-14-29-20-23/h1-12,14,20-22H,13,15-19H2,(H,31,36)/b30-21+. The normalized spacial score (nSPS) is 14.3. The van der Waals surface area contributed by atoms with Crippen LogP contribution < -0.4 is 10.3 Å². The number of carbonyl (C=O) groups excluding carboxylic acids is 1. The van der Waals surface area contributed by atoms with E-state index in [4.69, 9.17) is 5.10 Å². The van der Waals surface area contributed by atoms with Crippen LogP contribution in [0.2, 0.25) is 0 Å². The summed E-state index contributed by atoms with van der Waals surface area (Å²) >= 11 is 0. The monoisotopic (exact) mass is 479 g/mol. The first-order chi connectivity index (χ1) is 17.8. The van der Waals surface area contributed by atoms with Gasteiger partial charge >= 0.3 is 0 Å². The highest BCUT2D eigenvalue weighted by molar-refractivity contribution is 5.89. The van der Waals surface area contributed by atoms with E-state index in [1.54, 1.807) is 23.3 Å². The zero-order valence-corrected chi connectivity index (χ0v) is 20.1. The highest BCUT2D eigenvalue weighted by atomic mass is 16.2. The van der Waals surface area contributed by atoms with Crippen LogP contribution in [0.3, 0.4) is 0 Å². The molecule has 2 aromatic heterocycles. The van der Waals surface area contributed by atoms with Gasteiger partial charge in [0.1, 0.15) is 5.69 Å². The summed E-state index contributed by atoms with van der Waals surface area (Å²) in [7, 11) is 0. The van der Waals surface area contributed by atoms with E-state index < -0.39 is 0 Å². The molecule has 4 aromatic rings. The number of hydrogen-bond acceptors (Lipinski definition) is 6. The van der Waals surface area contributed by atoms with Crippen molar-refractivity contribution in [1.82, 2.24) is 25.1 Å². The average Bonchev–Trinajstić information content (AvgIpc) is 3.38. The Bertz CT molecular complexity index is 1280. The summed E-state index contributed by atoms with van der Waals surface area (Å²) in [5.74, 6) is -0.102. The molecular formula is C28H29N7O. The molecule has 0 unspecified atom stereocenters. The van der Waals surface area contributed by atoms with Crippen molar-refractivity contribution in [2.75, 3.05) is 37.6 Å². The summed E-state index contributed by atoms with van der Waals surface area (Å²) in [5, 5.41) is 8.96. The Kier molecular flexibility index (Phi) is 7.44. The van der Waals surface area contributed by atoms with E-state index in [9.17, 15) is 4.79 Å². The molecule has 0 spiro atoms. The van der Waals surface area contributed by atoms with Crippen LogP contribution in [-0.4, -0.2) is 64.5 Å². The lowest BCUT2D eigenvalue weighted by molar-refractivity contribution is -0.121. The van der Waals surface area contributed by atoms with Gasteiger partial charge in [0.2, 0.25) is 5.91 Å². The van der Waals surface area contributed by atoms with Gasteiger partial charge in [0.05, 0.1) is 11.9 Å². The van der Waals surface area contributed by atoms with Gasteiger partial charge in [-0.05, 0) is 36.4 Å². The van der Waals surface area contributed by atoms with Crippen LogP contribution in [0.5, 0.6) is 0 Å². The fourth-order valence-electron chi connectivity index (χ4n) is 4.28. The molecule has 0 radical (unpaired) electrons. The van der Waals surface area contributed by atoms with Gasteiger partial charge in [-0.3, -0.25) is 14.7 Å². The maximum absolute atomic E-state index is 12.5. The first kappa shape index (κ1) is 23.4. The Morgan fingerprint density at radius 1 is 0.917 bits per heavy atom. The van der Waals surface area contributed by atoms with E-state index in [-0.39, 0.29) is 5.91 Å². The quantitative estimate of drug-likeness (QED) is 0.309. The predicted octanol–water partition coefficient (Wildman–Crippen LogP) is 3.60. The number of aromatic nitrogens is 3. The van der Waals surface area contributed by atoms with Gasteiger partial charge in [0, 0.05) is 74.5 Å². The molecule has 182 valence electrons. The molecule has 2 aromatic carbocycles. The van der Waals surface area contributed by atoms with Crippen molar-refractivity contribution < 1.29 is 4.79 Å². The van der Waals surface area contributed by atoms with Crippen LogP contribution in [0.25, 0.3) is 16.9 Å². The lowest BCUT2D eigenvalue weighted by Gasteiger charge is -2.36. The number of benzene rings is 2. The summed E-state index contributed by atoms with van der Waals surface area (Å²) in [6.07, 6.45) is 7.45. The summed E-state index contributed by atoms with van der Waals surface area (Å²) in [4.78, 5) is 21.4. The molecule has 0 saturated carbocycles. The number of carbonyl (C=O) groups is 1. The van der Waals surface area contributed by atoms with Crippen LogP contribution in [0.15, 0.2) is 96.5 Å². The zero-order chi connectivity index (χ0) is 24.6. The number of anilines is 1. The smallest absolute Gasteiger partial charge is 0.241 e. The van der Waals surface area contributed by atoms with Crippen molar-refractivity contribution in [3.05, 3.63) is 97.0 Å². The Morgan fingerprint density at radius 2 is 1.64 bits per heavy atom. The number of amides is 1. The summed E-state index contributed by atoms with van der Waals surface area (Å²) in [5.41, 5.74) is 7.30. The van der Waals surface area contributed by atoms with E-state index in [1.165, 1.54) is 5.69 Å². The lowest BCUT2D eigenvalue weighted by atomic mass is 10.1. The number of para-hydroxylation sites is 2. The fraction of sp³-hybridized carbons (Fsp3) is 0.214. The van der Waals surface area contributed by atoms with Crippen LogP contribution in [0.1, 0.15) is 12.0 Å². The third-order valence-electron chi connectivity index (χ3n) is 6.24. The van der Waals surface area contributed by atoms with Gasteiger partial charge in [-0.2, -0.15) is 10.2 Å². The minimum atomic E-state index is -0.102. The molecule has 8 heteroatoms. The highest BCUT2D eigenvalue weighted by Gasteiger charge is 2.17. The van der Waals surface area contributed by atoms with Crippen molar-refractivity contribution >= 4 is 17.8 Å². The molecule has 1 amide bonds. The van der Waals surface area contributed by atoms with Crippen molar-refractivity contribution in [2.24, 2.45) is 5.10 Å². The minimum absolute atomic E-state index is 0.102. The minimum Gasteiger partial charge on any atom is -0.369 e. The molecule has 3 heterocycles. The highest BCUT2D eigenvalue weighted by Crippen LogP contribution is 2.22. The SMILES string of the molecule is O=C(CCN1CCN(c2ccccc2)CC1)N/N=C/c1cn(-c2ccccc2)nc1-c1cccnc1. The summed E-state index contributed by atoms with van der Waals surface area (Å²) in [6.45, 7) is 4.53. The topological polar surface area (TPSA) is 78.7 Å². The van der Waals surface area contributed by atoms with Crippen molar-refractivity contribution in [3.63, 3.8) is 0 Å². The molecule has 1 aliphatic heterocycles. The number of pyridine rings is 1. The van der Waals surface area contributed by atoms with Crippen LogP contribution in [-0.2, 0) is 4.79 Å². The molecule has 5 rings (SSSR count). The second-order valence-electron chi connectivity index (χ2n) is 8.66. The number of nitrogens with one attached hydrogen (secondary N) is 1. The molecule has 0 aliphatic carbocycles. The Hall–Kier alpha value is -4.30. The molecule has 1 N–H and O–H groups in total. The summed E-state index contributed by atoms with van der Waals surface area (Å²) < 4.78 is 1.81. The number of piperazine rings is 1. The van der Waals surface area contributed by atoms with Crippen molar-refractivity contribution in [1.29, 1.82) is 0 Å². The molecule has 0 atom stereocenters. The van der Waals surface area contributed by atoms with E-state index in [0.29, 0.717) is 6.42 Å². The van der Waals surface area contributed by atoms with Gasteiger partial charge in [-0.15, -0.1) is 0 Å². The van der Waals surface area contributed by atoms with Gasteiger partial charge in [-0.25, -0.2) is 10.1 Å². The third kappa shape index (κ3) is 5.84. The van der Waals surface area contributed by atoms with Gasteiger partial charge < -0.3 is 4.90 Å². The molecule has 1 aliphatic rings. The van der Waals surface area contributed by atoms with Gasteiger partial charge in [-0.1, -0.05) is 36.4 Å². The predicted molar refractivity (Wildman–Crippen MR) is 142 cm³/mol. The fourth-order valence-corrected chi connectivity index (χ4v) is 4.28. The number of rotatable bonds is 8. The molecule has 0 bridgehead atoms. The zero-order valence-electron chi connectivity index (χ0n) is 20.1. The molecular weight excluding hydrogens is 450 g/mol. The maximum atomic E-state index is 12.5. The first-order valence-corrected chi connectivity index (χ1v) is 12.2. The van der Waals surface area contributed by atoms with Crippen LogP contribution in [0, 0.1) is 0 Å². The van der Waals surface area contributed by atoms with Crippen molar-refractivity contribution in [3.8, 4) is 16.9 Å². The molecule has 8 nitrogen and oxygen atoms in total. The second kappa shape index (κ2) is 11.4. The number of hydrogen-bond donors (Lipinski definition) is 1. The van der Waals surface area contributed by atoms with E-state index in [2.05, 4.69) is 49.6 Å². The molecule has 36 heavy (non-hydrogen) atoms. The molecule has 1 fully saturated rings. The van der Waals surface area contributed by atoms with E-state index in [1.807, 2.05) is 54.7 Å². The average molecular weight is 480 g/mol. The third-order valence-corrected chi connectivity index (χ3v) is 6.24. The number of nitrogens with zero attached hydrogens (tertiary/aromatic N) is 6. The Labute approximate surface area is 210 Å². The Balaban J connectivity index is 1.16. The lowest BCUT2D eigenvalue weighted by Crippen LogP contribution is -2.47. The van der Waals surface area contributed by atoms with Crippen LogP contribution in [0.4, 0.5) is 5.69 Å². The van der Waals surface area contributed by atoms with Crippen molar-refractivity contribution in [2.45, 2.75) is 6.42 Å². The maximum Gasteiger partial charge on any atom is 0.241 e. The summed E-state index contributed by atoms with van der Waals surface area (Å²) in [6, 6.07) is 24.2. The van der Waals surface area contributed by atoms with Gasteiger partial charge in [0.25, 0.3) is 0 Å².